The molecule has 9 nitrogen and oxygen atoms in total. The largest absolute Gasteiger partial charge is 0.480 e. The molecule has 28 heavy (non-hydrogen) atoms. The minimum Gasteiger partial charge on any atom is -0.480 e. The second-order valence-corrected chi connectivity index (χ2v) is 6.73. The predicted octanol–water partition coefficient (Wildman–Crippen LogP) is 1.03. The number of benzene rings is 1. The van der Waals surface area contributed by atoms with Crippen molar-refractivity contribution < 1.29 is 29.0 Å². The van der Waals surface area contributed by atoms with Gasteiger partial charge >= 0.3 is 12.1 Å². The van der Waals surface area contributed by atoms with Gasteiger partial charge in [0.25, 0.3) is 0 Å². The summed E-state index contributed by atoms with van der Waals surface area (Å²) in [6.45, 7) is 4.72. The molecule has 0 bridgehead atoms. The smallest absolute Gasteiger partial charge is 0.408 e. The third-order valence-corrected chi connectivity index (χ3v) is 3.69. The van der Waals surface area contributed by atoms with Crippen molar-refractivity contribution in [2.24, 2.45) is 5.92 Å². The summed E-state index contributed by atoms with van der Waals surface area (Å²) < 4.78 is 5.06. The molecule has 0 saturated carbocycles. The van der Waals surface area contributed by atoms with E-state index in [-0.39, 0.29) is 12.5 Å². The number of carbonyl (C=O) groups excluding carboxylic acids is 3. The van der Waals surface area contributed by atoms with Crippen LogP contribution in [-0.2, 0) is 25.7 Å². The molecule has 2 atom stereocenters. The molecule has 1 rings (SSSR count). The lowest BCUT2D eigenvalue weighted by atomic mass is 10.0. The van der Waals surface area contributed by atoms with Crippen LogP contribution in [0.25, 0.3) is 0 Å². The molecule has 0 radical (unpaired) electrons. The highest BCUT2D eigenvalue weighted by molar-refractivity contribution is 5.92. The predicted molar refractivity (Wildman–Crippen MR) is 101 cm³/mol. The van der Waals surface area contributed by atoms with Gasteiger partial charge in [0.1, 0.15) is 25.2 Å². The van der Waals surface area contributed by atoms with Crippen molar-refractivity contribution in [2.75, 3.05) is 6.54 Å². The number of carbonyl (C=O) groups is 4. The Labute approximate surface area is 163 Å². The van der Waals surface area contributed by atoms with E-state index >= 15 is 0 Å². The Morgan fingerprint density at radius 1 is 1.00 bits per heavy atom. The Morgan fingerprint density at radius 2 is 1.64 bits per heavy atom. The number of nitrogens with one attached hydrogen (secondary N) is 3. The van der Waals surface area contributed by atoms with Gasteiger partial charge in [-0.25, -0.2) is 4.79 Å². The number of aliphatic carboxylic acids is 1. The maximum Gasteiger partial charge on any atom is 0.408 e. The Balaban J connectivity index is 2.54. The van der Waals surface area contributed by atoms with E-state index in [1.807, 2.05) is 32.0 Å². The van der Waals surface area contributed by atoms with Gasteiger partial charge < -0.3 is 25.8 Å². The molecule has 0 aliphatic rings. The van der Waals surface area contributed by atoms with Gasteiger partial charge in [0.15, 0.2) is 0 Å². The van der Waals surface area contributed by atoms with E-state index in [0.717, 1.165) is 5.56 Å². The maximum absolute atomic E-state index is 12.3. The van der Waals surface area contributed by atoms with Crippen molar-refractivity contribution in [2.45, 2.75) is 45.9 Å². The van der Waals surface area contributed by atoms with E-state index in [1.54, 1.807) is 12.1 Å². The van der Waals surface area contributed by atoms with Crippen LogP contribution in [0.3, 0.4) is 0 Å². The van der Waals surface area contributed by atoms with Crippen LogP contribution in [0.15, 0.2) is 30.3 Å². The molecular weight excluding hydrogens is 366 g/mol. The van der Waals surface area contributed by atoms with Crippen LogP contribution in [-0.4, -0.2) is 47.6 Å². The number of ether oxygens (including phenoxy) is 1. The summed E-state index contributed by atoms with van der Waals surface area (Å²) in [5.74, 6) is -2.27. The average Bonchev–Trinajstić information content (AvgIpc) is 2.64. The van der Waals surface area contributed by atoms with Gasteiger partial charge in [0, 0.05) is 0 Å². The zero-order valence-corrected chi connectivity index (χ0v) is 16.2. The normalized spacial score (nSPS) is 12.6. The number of carboxylic acids is 1. The lowest BCUT2D eigenvalue weighted by Gasteiger charge is -2.22. The molecule has 4 N–H and O–H groups in total. The SMILES string of the molecule is CC(C)C[C@H](NC(=O)[C@H](C)NC(=O)OCc1ccccc1)C(=O)NCC(=O)O. The molecular formula is C19H27N3O6. The molecule has 9 heteroatoms. The number of alkyl carbamates (subject to hydrolysis) is 1. The van der Waals surface area contributed by atoms with Gasteiger partial charge in [-0.3, -0.25) is 14.4 Å². The van der Waals surface area contributed by atoms with Gasteiger partial charge in [0.05, 0.1) is 0 Å². The minimum atomic E-state index is -1.18. The first-order valence-corrected chi connectivity index (χ1v) is 8.96. The third kappa shape index (κ3) is 9.02. The molecule has 0 aliphatic heterocycles. The highest BCUT2D eigenvalue weighted by Crippen LogP contribution is 2.06. The number of hydrogen-bond acceptors (Lipinski definition) is 5. The Bertz CT molecular complexity index is 678. The lowest BCUT2D eigenvalue weighted by Crippen LogP contribution is -2.53. The summed E-state index contributed by atoms with van der Waals surface area (Å²) in [6, 6.07) is 7.23. The summed E-state index contributed by atoms with van der Waals surface area (Å²) in [5, 5.41) is 15.8. The summed E-state index contributed by atoms with van der Waals surface area (Å²) >= 11 is 0. The number of amides is 3. The molecule has 3 amide bonds. The van der Waals surface area contributed by atoms with Crippen LogP contribution in [0.4, 0.5) is 4.79 Å². The van der Waals surface area contributed by atoms with Crippen molar-refractivity contribution in [3.8, 4) is 0 Å². The van der Waals surface area contributed by atoms with Crippen molar-refractivity contribution in [1.29, 1.82) is 0 Å². The fourth-order valence-corrected chi connectivity index (χ4v) is 2.29. The Hall–Kier alpha value is -3.10. The highest BCUT2D eigenvalue weighted by atomic mass is 16.5. The molecule has 0 aliphatic carbocycles. The van der Waals surface area contributed by atoms with E-state index in [1.165, 1.54) is 6.92 Å². The topological polar surface area (TPSA) is 134 Å². The van der Waals surface area contributed by atoms with E-state index in [0.29, 0.717) is 6.42 Å². The fourth-order valence-electron chi connectivity index (χ4n) is 2.29. The van der Waals surface area contributed by atoms with Gasteiger partial charge in [-0.2, -0.15) is 0 Å². The number of hydrogen-bond donors (Lipinski definition) is 4. The second-order valence-electron chi connectivity index (χ2n) is 6.73. The fraction of sp³-hybridized carbons (Fsp3) is 0.474. The summed E-state index contributed by atoms with van der Waals surface area (Å²) in [7, 11) is 0. The first kappa shape index (κ1) is 22.9. The standard InChI is InChI=1S/C19H27N3O6/c1-12(2)9-15(18(26)20-10-16(23)24)22-17(25)13(3)21-19(27)28-11-14-7-5-4-6-8-14/h4-8,12-13,15H,9-11H2,1-3H3,(H,20,26)(H,21,27)(H,22,25)(H,23,24)/t13-,15-/m0/s1. The lowest BCUT2D eigenvalue weighted by molar-refractivity contribution is -0.138. The quantitative estimate of drug-likeness (QED) is 0.469. The van der Waals surface area contributed by atoms with Crippen LogP contribution < -0.4 is 16.0 Å². The van der Waals surface area contributed by atoms with Gasteiger partial charge in [-0.05, 0) is 24.8 Å². The van der Waals surface area contributed by atoms with Crippen molar-refractivity contribution in [1.82, 2.24) is 16.0 Å². The summed E-state index contributed by atoms with van der Waals surface area (Å²) in [4.78, 5) is 46.9. The number of carboxylic acid groups (broad SMARTS) is 1. The molecule has 0 saturated heterocycles. The average molecular weight is 393 g/mol. The summed E-state index contributed by atoms with van der Waals surface area (Å²) in [5.41, 5.74) is 0.807. The van der Waals surface area contributed by atoms with Gasteiger partial charge in [-0.1, -0.05) is 44.2 Å². The zero-order chi connectivity index (χ0) is 21.1. The third-order valence-electron chi connectivity index (χ3n) is 3.69. The van der Waals surface area contributed by atoms with Gasteiger partial charge in [-0.15, -0.1) is 0 Å². The first-order valence-electron chi connectivity index (χ1n) is 8.96. The van der Waals surface area contributed by atoms with Gasteiger partial charge in [0.2, 0.25) is 11.8 Å². The van der Waals surface area contributed by atoms with Crippen LogP contribution in [0.2, 0.25) is 0 Å². The molecule has 1 aromatic rings. The van der Waals surface area contributed by atoms with E-state index in [4.69, 9.17) is 9.84 Å². The molecule has 0 heterocycles. The van der Waals surface area contributed by atoms with Crippen molar-refractivity contribution in [3.05, 3.63) is 35.9 Å². The van der Waals surface area contributed by atoms with Crippen molar-refractivity contribution >= 4 is 23.9 Å². The van der Waals surface area contributed by atoms with Crippen molar-refractivity contribution in [3.63, 3.8) is 0 Å². The second kappa shape index (κ2) is 11.6. The van der Waals surface area contributed by atoms with Crippen LogP contribution in [0.5, 0.6) is 0 Å². The molecule has 1 aromatic carbocycles. The molecule has 0 spiro atoms. The molecule has 154 valence electrons. The number of rotatable bonds is 10. The van der Waals surface area contributed by atoms with E-state index in [2.05, 4.69) is 16.0 Å². The maximum atomic E-state index is 12.3. The molecule has 0 aromatic heterocycles. The monoisotopic (exact) mass is 393 g/mol. The zero-order valence-electron chi connectivity index (χ0n) is 16.2. The van der Waals surface area contributed by atoms with Crippen LogP contribution in [0, 0.1) is 5.92 Å². The highest BCUT2D eigenvalue weighted by Gasteiger charge is 2.25. The molecule has 0 unspecified atom stereocenters. The summed E-state index contributed by atoms with van der Waals surface area (Å²) in [6.07, 6.45) is -0.440. The van der Waals surface area contributed by atoms with E-state index in [9.17, 15) is 19.2 Å². The molecule has 0 fully saturated rings. The van der Waals surface area contributed by atoms with Crippen LogP contribution in [0.1, 0.15) is 32.8 Å². The first-order chi connectivity index (χ1) is 13.2. The Morgan fingerprint density at radius 3 is 2.21 bits per heavy atom. The Kier molecular flexibility index (Phi) is 9.49. The van der Waals surface area contributed by atoms with E-state index < -0.39 is 42.5 Å². The minimum absolute atomic E-state index is 0.0641. The van der Waals surface area contributed by atoms with Crippen LogP contribution >= 0.6 is 0 Å².